The van der Waals surface area contributed by atoms with Crippen molar-refractivity contribution in [3.63, 3.8) is 0 Å². The van der Waals surface area contributed by atoms with Crippen LogP contribution >= 0.6 is 15.9 Å². The summed E-state index contributed by atoms with van der Waals surface area (Å²) in [5.41, 5.74) is 1.30. The van der Waals surface area contributed by atoms with Gasteiger partial charge in [-0.1, -0.05) is 43.1 Å². The predicted molar refractivity (Wildman–Crippen MR) is 85.8 cm³/mol. The van der Waals surface area contributed by atoms with E-state index in [0.29, 0.717) is 12.0 Å². The molecule has 2 nitrogen and oxygen atoms in total. The van der Waals surface area contributed by atoms with Gasteiger partial charge in [-0.2, -0.15) is 0 Å². The minimum Gasteiger partial charge on any atom is -0.497 e. The van der Waals surface area contributed by atoms with Crippen LogP contribution in [0.2, 0.25) is 0 Å². The first-order valence-electron chi connectivity index (χ1n) is 7.20. The Balaban J connectivity index is 3.00. The molecule has 1 aromatic rings. The minimum atomic E-state index is 0.379. The van der Waals surface area contributed by atoms with E-state index >= 15 is 0 Å². The van der Waals surface area contributed by atoms with E-state index in [9.17, 15) is 0 Å². The topological polar surface area (TPSA) is 21.3 Å². The molecule has 0 spiro atoms. The Bertz CT molecular complexity index is 381. The first kappa shape index (κ1) is 16.5. The summed E-state index contributed by atoms with van der Waals surface area (Å²) < 4.78 is 6.51. The van der Waals surface area contributed by atoms with E-state index in [0.717, 1.165) is 23.2 Å². The standard InChI is InChI=1S/C16H26BrNO/c1-5-7-12(3)16(18-10-6-2)14-11-13(19-4)8-9-15(14)17/h8-9,11-12,16,18H,5-7,10H2,1-4H3. The number of hydrogen-bond donors (Lipinski definition) is 1. The number of halogens is 1. The normalized spacial score (nSPS) is 14.2. The second kappa shape index (κ2) is 8.60. The van der Waals surface area contributed by atoms with Crippen molar-refractivity contribution >= 4 is 15.9 Å². The molecule has 0 aromatic heterocycles. The zero-order chi connectivity index (χ0) is 14.3. The molecule has 1 aromatic carbocycles. The first-order chi connectivity index (χ1) is 9.13. The maximum absolute atomic E-state index is 5.36. The molecule has 1 N–H and O–H groups in total. The molecule has 0 aliphatic heterocycles. The highest BCUT2D eigenvalue weighted by molar-refractivity contribution is 9.10. The Morgan fingerprint density at radius 3 is 2.58 bits per heavy atom. The lowest BCUT2D eigenvalue weighted by molar-refractivity contribution is 0.359. The highest BCUT2D eigenvalue weighted by Gasteiger charge is 2.20. The van der Waals surface area contributed by atoms with Crippen molar-refractivity contribution in [1.82, 2.24) is 5.32 Å². The van der Waals surface area contributed by atoms with Crippen LogP contribution in [-0.4, -0.2) is 13.7 Å². The maximum atomic E-state index is 5.36. The first-order valence-corrected chi connectivity index (χ1v) is 8.00. The number of nitrogens with one attached hydrogen (secondary N) is 1. The zero-order valence-corrected chi connectivity index (χ0v) is 14.1. The summed E-state index contributed by atoms with van der Waals surface area (Å²) in [7, 11) is 1.72. The van der Waals surface area contributed by atoms with Crippen LogP contribution in [0.25, 0.3) is 0 Å². The molecule has 0 aliphatic rings. The highest BCUT2D eigenvalue weighted by Crippen LogP contribution is 2.33. The van der Waals surface area contributed by atoms with E-state index < -0.39 is 0 Å². The van der Waals surface area contributed by atoms with Gasteiger partial charge in [0.15, 0.2) is 0 Å². The van der Waals surface area contributed by atoms with Gasteiger partial charge in [0.05, 0.1) is 7.11 Å². The smallest absolute Gasteiger partial charge is 0.119 e. The summed E-state index contributed by atoms with van der Waals surface area (Å²) in [4.78, 5) is 0. The Kier molecular flexibility index (Phi) is 7.47. The molecule has 108 valence electrons. The fraction of sp³-hybridized carbons (Fsp3) is 0.625. The van der Waals surface area contributed by atoms with Crippen LogP contribution in [0.15, 0.2) is 22.7 Å². The van der Waals surface area contributed by atoms with E-state index in [-0.39, 0.29) is 0 Å². The van der Waals surface area contributed by atoms with E-state index in [1.165, 1.54) is 18.4 Å². The molecule has 0 saturated carbocycles. The third kappa shape index (κ3) is 4.81. The van der Waals surface area contributed by atoms with Crippen LogP contribution in [0.1, 0.15) is 51.6 Å². The molecule has 19 heavy (non-hydrogen) atoms. The number of hydrogen-bond acceptors (Lipinski definition) is 2. The van der Waals surface area contributed by atoms with Gasteiger partial charge in [0, 0.05) is 10.5 Å². The van der Waals surface area contributed by atoms with Gasteiger partial charge >= 0.3 is 0 Å². The Hall–Kier alpha value is -0.540. The highest BCUT2D eigenvalue weighted by atomic mass is 79.9. The minimum absolute atomic E-state index is 0.379. The number of rotatable bonds is 8. The second-order valence-electron chi connectivity index (χ2n) is 5.09. The molecule has 1 rings (SSSR count). The SMILES string of the molecule is CCCNC(c1cc(OC)ccc1Br)C(C)CCC. The van der Waals surface area contributed by atoms with Gasteiger partial charge in [0.1, 0.15) is 5.75 Å². The molecular formula is C16H26BrNO. The molecule has 0 radical (unpaired) electrons. The molecule has 0 heterocycles. The lowest BCUT2D eigenvalue weighted by Gasteiger charge is -2.27. The quantitative estimate of drug-likeness (QED) is 0.730. The monoisotopic (exact) mass is 327 g/mol. The maximum Gasteiger partial charge on any atom is 0.119 e. The lowest BCUT2D eigenvalue weighted by Crippen LogP contribution is -2.28. The van der Waals surface area contributed by atoms with Crippen molar-refractivity contribution in [2.45, 2.75) is 46.1 Å². The van der Waals surface area contributed by atoms with Crippen LogP contribution in [0, 0.1) is 5.92 Å². The van der Waals surface area contributed by atoms with Crippen LogP contribution in [0.4, 0.5) is 0 Å². The van der Waals surface area contributed by atoms with E-state index in [4.69, 9.17) is 4.74 Å². The number of benzene rings is 1. The van der Waals surface area contributed by atoms with Gasteiger partial charge in [0.25, 0.3) is 0 Å². The lowest BCUT2D eigenvalue weighted by atomic mass is 9.90. The van der Waals surface area contributed by atoms with Gasteiger partial charge in [-0.15, -0.1) is 0 Å². The van der Waals surface area contributed by atoms with E-state index in [1.54, 1.807) is 7.11 Å². The van der Waals surface area contributed by atoms with Crippen LogP contribution in [-0.2, 0) is 0 Å². The molecule has 2 unspecified atom stereocenters. The summed E-state index contributed by atoms with van der Waals surface area (Å²) in [6.45, 7) is 7.81. The number of ether oxygens (including phenoxy) is 1. The Morgan fingerprint density at radius 2 is 2.00 bits per heavy atom. The van der Waals surface area contributed by atoms with Crippen LogP contribution in [0.5, 0.6) is 5.75 Å². The van der Waals surface area contributed by atoms with Crippen LogP contribution < -0.4 is 10.1 Å². The summed E-state index contributed by atoms with van der Waals surface area (Å²) in [5, 5.41) is 3.68. The fourth-order valence-corrected chi connectivity index (χ4v) is 2.92. The van der Waals surface area contributed by atoms with Crippen molar-refractivity contribution in [3.05, 3.63) is 28.2 Å². The Labute approximate surface area is 126 Å². The summed E-state index contributed by atoms with van der Waals surface area (Å²) in [5.74, 6) is 1.53. The summed E-state index contributed by atoms with van der Waals surface area (Å²) in [6.07, 6.45) is 3.59. The van der Waals surface area contributed by atoms with Crippen molar-refractivity contribution in [1.29, 1.82) is 0 Å². The average Bonchev–Trinajstić information content (AvgIpc) is 2.41. The molecule has 0 amide bonds. The predicted octanol–water partition coefficient (Wildman–Crippen LogP) is 4.93. The van der Waals surface area contributed by atoms with Crippen molar-refractivity contribution in [2.24, 2.45) is 5.92 Å². The van der Waals surface area contributed by atoms with Crippen molar-refractivity contribution in [2.75, 3.05) is 13.7 Å². The molecule has 2 atom stereocenters. The molecule has 0 fully saturated rings. The van der Waals surface area contributed by atoms with Crippen molar-refractivity contribution < 1.29 is 4.74 Å². The third-order valence-corrected chi connectivity index (χ3v) is 4.19. The molecule has 0 aliphatic carbocycles. The van der Waals surface area contributed by atoms with Crippen molar-refractivity contribution in [3.8, 4) is 5.75 Å². The molecular weight excluding hydrogens is 302 g/mol. The van der Waals surface area contributed by atoms with E-state index in [2.05, 4.69) is 54.2 Å². The third-order valence-electron chi connectivity index (χ3n) is 3.47. The van der Waals surface area contributed by atoms with Gasteiger partial charge in [-0.3, -0.25) is 0 Å². The van der Waals surface area contributed by atoms with Gasteiger partial charge in [-0.05, 0) is 49.1 Å². The van der Waals surface area contributed by atoms with E-state index in [1.807, 2.05) is 6.07 Å². The average molecular weight is 328 g/mol. The van der Waals surface area contributed by atoms with Crippen LogP contribution in [0.3, 0.4) is 0 Å². The van der Waals surface area contributed by atoms with Gasteiger partial charge < -0.3 is 10.1 Å². The molecule has 3 heteroatoms. The van der Waals surface area contributed by atoms with Gasteiger partial charge in [-0.25, -0.2) is 0 Å². The fourth-order valence-electron chi connectivity index (χ4n) is 2.43. The summed E-state index contributed by atoms with van der Waals surface area (Å²) >= 11 is 3.68. The molecule has 0 bridgehead atoms. The summed E-state index contributed by atoms with van der Waals surface area (Å²) in [6, 6.07) is 6.59. The largest absolute Gasteiger partial charge is 0.497 e. The zero-order valence-electron chi connectivity index (χ0n) is 12.5. The second-order valence-corrected chi connectivity index (χ2v) is 5.94. The van der Waals surface area contributed by atoms with Gasteiger partial charge in [0.2, 0.25) is 0 Å². The Morgan fingerprint density at radius 1 is 1.26 bits per heavy atom. The molecule has 0 saturated heterocycles. The number of methoxy groups -OCH3 is 1.